The molecule has 2 rings (SSSR count). The Morgan fingerprint density at radius 3 is 2.66 bits per heavy atom. The summed E-state index contributed by atoms with van der Waals surface area (Å²) in [5.74, 6) is 0.276. The number of nitrogens with zero attached hydrogens (tertiary/aromatic N) is 1. The van der Waals surface area contributed by atoms with Crippen LogP contribution >= 0.6 is 0 Å². The molecule has 0 atom stereocenters. The predicted octanol–water partition coefficient (Wildman–Crippen LogP) is 3.09. The highest BCUT2D eigenvalue weighted by atomic mass is 16.5. The fraction of sp³-hybridized carbons (Fsp3) is 0.381. The molecule has 3 amide bonds. The number of aromatic nitrogens is 1. The minimum atomic E-state index is -0.374. The Balaban J connectivity index is 1.67. The van der Waals surface area contributed by atoms with Gasteiger partial charge in [-0.3, -0.25) is 4.79 Å². The maximum absolute atomic E-state index is 12.0. The van der Waals surface area contributed by atoms with Crippen molar-refractivity contribution < 1.29 is 19.1 Å². The van der Waals surface area contributed by atoms with Crippen LogP contribution in [0.4, 0.5) is 16.3 Å². The summed E-state index contributed by atoms with van der Waals surface area (Å²) in [6.45, 7) is 6.26. The molecule has 0 spiro atoms. The molecule has 0 aliphatic heterocycles. The van der Waals surface area contributed by atoms with Crippen molar-refractivity contribution in [1.29, 1.82) is 0 Å². The van der Waals surface area contributed by atoms with Gasteiger partial charge in [0.05, 0.1) is 19.8 Å². The Bertz CT molecular complexity index is 781. The second-order valence-electron chi connectivity index (χ2n) is 6.35. The SMILES string of the molecule is CCOCCOCc1cccc(NC(=O)NCCC(=O)Nc2ccc(C)cn2)c1. The normalized spacial score (nSPS) is 10.4. The summed E-state index contributed by atoms with van der Waals surface area (Å²) in [4.78, 5) is 28.0. The van der Waals surface area contributed by atoms with E-state index < -0.39 is 0 Å². The number of hydrogen-bond donors (Lipinski definition) is 3. The highest BCUT2D eigenvalue weighted by Crippen LogP contribution is 2.11. The minimum absolute atomic E-state index is 0.149. The Morgan fingerprint density at radius 1 is 1.07 bits per heavy atom. The molecule has 8 nitrogen and oxygen atoms in total. The summed E-state index contributed by atoms with van der Waals surface area (Å²) in [6, 6.07) is 10.6. The first-order valence-corrected chi connectivity index (χ1v) is 9.58. The first-order chi connectivity index (χ1) is 14.1. The lowest BCUT2D eigenvalue weighted by Crippen LogP contribution is -2.31. The highest BCUT2D eigenvalue weighted by Gasteiger charge is 2.06. The van der Waals surface area contributed by atoms with Gasteiger partial charge >= 0.3 is 6.03 Å². The van der Waals surface area contributed by atoms with E-state index in [1.165, 1.54) is 0 Å². The van der Waals surface area contributed by atoms with Crippen LogP contribution in [0, 0.1) is 6.92 Å². The maximum atomic E-state index is 12.0. The van der Waals surface area contributed by atoms with Crippen LogP contribution < -0.4 is 16.0 Å². The van der Waals surface area contributed by atoms with E-state index in [0.29, 0.717) is 37.9 Å². The molecule has 3 N–H and O–H groups in total. The van der Waals surface area contributed by atoms with Gasteiger partial charge in [0, 0.05) is 31.5 Å². The molecule has 0 unspecified atom stereocenters. The summed E-state index contributed by atoms with van der Waals surface area (Å²) in [6.07, 6.45) is 1.83. The average Bonchev–Trinajstić information content (AvgIpc) is 2.70. The largest absolute Gasteiger partial charge is 0.379 e. The van der Waals surface area contributed by atoms with E-state index in [-0.39, 0.29) is 24.9 Å². The van der Waals surface area contributed by atoms with Crippen LogP contribution in [0.5, 0.6) is 0 Å². The van der Waals surface area contributed by atoms with Gasteiger partial charge in [0.25, 0.3) is 0 Å². The molecule has 1 heterocycles. The van der Waals surface area contributed by atoms with Crippen LogP contribution in [0.25, 0.3) is 0 Å². The molecule has 0 radical (unpaired) electrons. The zero-order valence-electron chi connectivity index (χ0n) is 16.9. The number of nitrogens with one attached hydrogen (secondary N) is 3. The van der Waals surface area contributed by atoms with Crippen LogP contribution in [-0.4, -0.2) is 43.3 Å². The number of pyridine rings is 1. The number of carbonyl (C=O) groups excluding carboxylic acids is 2. The van der Waals surface area contributed by atoms with Gasteiger partial charge in [0.1, 0.15) is 5.82 Å². The van der Waals surface area contributed by atoms with Gasteiger partial charge in [-0.2, -0.15) is 0 Å². The van der Waals surface area contributed by atoms with Gasteiger partial charge < -0.3 is 25.4 Å². The Morgan fingerprint density at radius 2 is 1.90 bits per heavy atom. The van der Waals surface area contributed by atoms with Crippen molar-refractivity contribution in [3.63, 3.8) is 0 Å². The third kappa shape index (κ3) is 9.18. The van der Waals surface area contributed by atoms with E-state index >= 15 is 0 Å². The number of aryl methyl sites for hydroxylation is 1. The third-order valence-corrected chi connectivity index (χ3v) is 3.85. The van der Waals surface area contributed by atoms with Gasteiger partial charge in [-0.15, -0.1) is 0 Å². The third-order valence-electron chi connectivity index (χ3n) is 3.85. The van der Waals surface area contributed by atoms with Crippen molar-refractivity contribution in [2.24, 2.45) is 0 Å². The number of ether oxygens (including phenoxy) is 2. The Hall–Kier alpha value is -2.97. The smallest absolute Gasteiger partial charge is 0.319 e. The van der Waals surface area contributed by atoms with Crippen molar-refractivity contribution in [2.75, 3.05) is 37.0 Å². The minimum Gasteiger partial charge on any atom is -0.379 e. The molecule has 0 saturated heterocycles. The number of urea groups is 1. The summed E-state index contributed by atoms with van der Waals surface area (Å²) in [5.41, 5.74) is 2.62. The second kappa shape index (κ2) is 12.5. The second-order valence-corrected chi connectivity index (χ2v) is 6.35. The topological polar surface area (TPSA) is 102 Å². The highest BCUT2D eigenvalue weighted by molar-refractivity contribution is 5.91. The van der Waals surface area contributed by atoms with Crippen molar-refractivity contribution in [2.45, 2.75) is 26.9 Å². The molecule has 8 heteroatoms. The van der Waals surface area contributed by atoms with Crippen LogP contribution in [0.15, 0.2) is 42.6 Å². The average molecular weight is 400 g/mol. The molecule has 156 valence electrons. The quantitative estimate of drug-likeness (QED) is 0.503. The Labute approximate surface area is 171 Å². The van der Waals surface area contributed by atoms with Crippen molar-refractivity contribution in [1.82, 2.24) is 10.3 Å². The van der Waals surface area contributed by atoms with E-state index in [1.807, 2.05) is 38.1 Å². The summed E-state index contributed by atoms with van der Waals surface area (Å²) in [5, 5.41) is 8.10. The van der Waals surface area contributed by atoms with Gasteiger partial charge in [0.15, 0.2) is 0 Å². The maximum Gasteiger partial charge on any atom is 0.319 e. The molecule has 2 aromatic rings. The van der Waals surface area contributed by atoms with Gasteiger partial charge in [-0.1, -0.05) is 18.2 Å². The zero-order valence-corrected chi connectivity index (χ0v) is 16.9. The summed E-state index contributed by atoms with van der Waals surface area (Å²) < 4.78 is 10.7. The predicted molar refractivity (Wildman–Crippen MR) is 112 cm³/mol. The zero-order chi connectivity index (χ0) is 20.9. The first-order valence-electron chi connectivity index (χ1n) is 9.58. The number of benzene rings is 1. The van der Waals surface area contributed by atoms with E-state index in [9.17, 15) is 9.59 Å². The molecular formula is C21H28N4O4. The van der Waals surface area contributed by atoms with Crippen molar-refractivity contribution in [3.05, 3.63) is 53.7 Å². The van der Waals surface area contributed by atoms with Crippen LogP contribution in [-0.2, 0) is 20.9 Å². The molecule has 0 fully saturated rings. The summed E-state index contributed by atoms with van der Waals surface area (Å²) in [7, 11) is 0. The fourth-order valence-electron chi connectivity index (χ4n) is 2.40. The number of rotatable bonds is 11. The van der Waals surface area contributed by atoms with E-state index in [0.717, 1.165) is 11.1 Å². The van der Waals surface area contributed by atoms with Crippen LogP contribution in [0.2, 0.25) is 0 Å². The van der Waals surface area contributed by atoms with E-state index in [1.54, 1.807) is 18.3 Å². The van der Waals surface area contributed by atoms with E-state index in [2.05, 4.69) is 20.9 Å². The molecular weight excluding hydrogens is 372 g/mol. The first kappa shape index (κ1) is 22.3. The number of carbonyl (C=O) groups is 2. The van der Waals surface area contributed by atoms with Crippen molar-refractivity contribution in [3.8, 4) is 0 Å². The van der Waals surface area contributed by atoms with E-state index in [4.69, 9.17) is 9.47 Å². The molecule has 1 aromatic heterocycles. The summed E-state index contributed by atoms with van der Waals surface area (Å²) >= 11 is 0. The monoisotopic (exact) mass is 400 g/mol. The molecule has 0 bridgehead atoms. The van der Waals surface area contributed by atoms with Gasteiger partial charge in [-0.05, 0) is 43.2 Å². The molecule has 0 aliphatic rings. The fourth-order valence-corrected chi connectivity index (χ4v) is 2.40. The molecule has 1 aromatic carbocycles. The lowest BCUT2D eigenvalue weighted by molar-refractivity contribution is -0.116. The number of hydrogen-bond acceptors (Lipinski definition) is 5. The molecule has 29 heavy (non-hydrogen) atoms. The van der Waals surface area contributed by atoms with Crippen LogP contribution in [0.1, 0.15) is 24.5 Å². The molecule has 0 aliphatic carbocycles. The number of amides is 3. The lowest BCUT2D eigenvalue weighted by Gasteiger charge is -2.10. The van der Waals surface area contributed by atoms with Crippen LogP contribution in [0.3, 0.4) is 0 Å². The lowest BCUT2D eigenvalue weighted by atomic mass is 10.2. The van der Waals surface area contributed by atoms with Crippen molar-refractivity contribution >= 4 is 23.4 Å². The standard InChI is InChI=1S/C21H28N4O4/c1-3-28-11-12-29-15-17-5-4-6-18(13-17)24-21(27)22-10-9-20(26)25-19-8-7-16(2)14-23-19/h4-8,13-14H,3,9-12,15H2,1-2H3,(H2,22,24,27)(H,23,25,26). The van der Waals surface area contributed by atoms with Gasteiger partial charge in [-0.25, -0.2) is 9.78 Å². The van der Waals surface area contributed by atoms with Gasteiger partial charge in [0.2, 0.25) is 5.91 Å². The molecule has 0 saturated carbocycles. The Kier molecular flexibility index (Phi) is 9.61. The number of anilines is 2.